The summed E-state index contributed by atoms with van der Waals surface area (Å²) in [4.78, 5) is 36.8. The van der Waals surface area contributed by atoms with Crippen molar-refractivity contribution in [2.75, 3.05) is 6.61 Å². The fourth-order valence-corrected chi connectivity index (χ4v) is 3.87. The molecule has 8 heteroatoms. The van der Waals surface area contributed by atoms with Crippen molar-refractivity contribution in [3.63, 3.8) is 0 Å². The molecule has 150 valence electrons. The SMILES string of the molecule is C[C@H]1COc2c(-c3cc4ccccc4oc3=O)c(F)cc3c(=O)c(C(=O)O)cn1c23. The molecule has 0 fully saturated rings. The van der Waals surface area contributed by atoms with Gasteiger partial charge in [-0.05, 0) is 25.1 Å². The van der Waals surface area contributed by atoms with Gasteiger partial charge in [-0.25, -0.2) is 14.0 Å². The highest BCUT2D eigenvalue weighted by Gasteiger charge is 2.29. The highest BCUT2D eigenvalue weighted by molar-refractivity contribution is 5.98. The number of hydrogen-bond donors (Lipinski definition) is 1. The maximum Gasteiger partial charge on any atom is 0.344 e. The molecular weight excluding hydrogens is 393 g/mol. The van der Waals surface area contributed by atoms with Crippen LogP contribution in [0.5, 0.6) is 5.75 Å². The lowest BCUT2D eigenvalue weighted by molar-refractivity contribution is 0.0694. The molecule has 1 N–H and O–H groups in total. The summed E-state index contributed by atoms with van der Waals surface area (Å²) in [5.74, 6) is -2.26. The van der Waals surface area contributed by atoms with E-state index < -0.39 is 28.4 Å². The minimum atomic E-state index is -1.40. The number of nitrogens with zero attached hydrogens (tertiary/aromatic N) is 1. The number of carboxylic acid groups (broad SMARTS) is 1. The molecule has 0 aliphatic carbocycles. The van der Waals surface area contributed by atoms with E-state index in [4.69, 9.17) is 9.15 Å². The van der Waals surface area contributed by atoms with Crippen molar-refractivity contribution >= 4 is 27.8 Å². The Balaban J connectivity index is 1.93. The summed E-state index contributed by atoms with van der Waals surface area (Å²) in [6.45, 7) is 1.89. The van der Waals surface area contributed by atoms with Crippen LogP contribution >= 0.6 is 0 Å². The zero-order valence-corrected chi connectivity index (χ0v) is 15.6. The summed E-state index contributed by atoms with van der Waals surface area (Å²) in [5, 5.41) is 9.84. The smallest absolute Gasteiger partial charge is 0.344 e. The molecule has 0 amide bonds. The van der Waals surface area contributed by atoms with E-state index in [0.717, 1.165) is 6.07 Å². The Hall–Kier alpha value is -3.94. The first-order valence-corrected chi connectivity index (χ1v) is 9.17. The lowest BCUT2D eigenvalue weighted by atomic mass is 9.99. The summed E-state index contributed by atoms with van der Waals surface area (Å²) in [6.07, 6.45) is 1.23. The number of rotatable bonds is 2. The third-order valence-corrected chi connectivity index (χ3v) is 5.31. The average molecular weight is 407 g/mol. The number of para-hydroxylation sites is 1. The fourth-order valence-electron chi connectivity index (χ4n) is 3.87. The van der Waals surface area contributed by atoms with Gasteiger partial charge in [0.1, 0.15) is 23.6 Å². The van der Waals surface area contributed by atoms with Gasteiger partial charge in [0.05, 0.1) is 28.1 Å². The van der Waals surface area contributed by atoms with Crippen LogP contribution in [0.25, 0.3) is 33.0 Å². The van der Waals surface area contributed by atoms with Crippen LogP contribution in [-0.2, 0) is 0 Å². The van der Waals surface area contributed by atoms with E-state index >= 15 is 4.39 Å². The van der Waals surface area contributed by atoms with Gasteiger partial charge in [-0.1, -0.05) is 18.2 Å². The van der Waals surface area contributed by atoms with Crippen molar-refractivity contribution in [3.8, 4) is 16.9 Å². The number of carboxylic acids is 1. The number of carbonyl (C=O) groups is 1. The van der Waals surface area contributed by atoms with E-state index in [9.17, 15) is 19.5 Å². The zero-order valence-electron chi connectivity index (χ0n) is 15.6. The Kier molecular flexibility index (Phi) is 3.79. The molecule has 2 aromatic carbocycles. The van der Waals surface area contributed by atoms with Crippen LogP contribution < -0.4 is 15.8 Å². The molecule has 0 bridgehead atoms. The van der Waals surface area contributed by atoms with Gasteiger partial charge < -0.3 is 18.8 Å². The molecule has 1 aliphatic heterocycles. The molecule has 3 heterocycles. The minimum Gasteiger partial charge on any atom is -0.488 e. The Bertz CT molecular complexity index is 1500. The standard InChI is InChI=1S/C22H14FNO6/c1-10-9-29-20-17(12-6-11-4-2-3-5-16(11)30-22(12)28)15(23)7-13-18(20)24(10)8-14(19(13)25)21(26)27/h2-8,10H,9H2,1H3,(H,26,27)/t10-/m0/s1. The molecule has 1 atom stereocenters. The molecule has 0 saturated carbocycles. The quantitative estimate of drug-likeness (QED) is 0.510. The molecule has 30 heavy (non-hydrogen) atoms. The van der Waals surface area contributed by atoms with E-state index in [-0.39, 0.29) is 40.4 Å². The van der Waals surface area contributed by atoms with Gasteiger partial charge in [0.25, 0.3) is 0 Å². The first-order valence-electron chi connectivity index (χ1n) is 9.17. The number of halogens is 1. The Morgan fingerprint density at radius 3 is 2.77 bits per heavy atom. The van der Waals surface area contributed by atoms with Crippen LogP contribution in [0.3, 0.4) is 0 Å². The minimum absolute atomic E-state index is 0.0136. The molecule has 0 radical (unpaired) electrons. The van der Waals surface area contributed by atoms with Crippen LogP contribution in [0.1, 0.15) is 23.3 Å². The van der Waals surface area contributed by atoms with Crippen molar-refractivity contribution < 1.29 is 23.4 Å². The summed E-state index contributed by atoms with van der Waals surface area (Å²) >= 11 is 0. The predicted octanol–water partition coefficient (Wildman–Crippen LogP) is 3.57. The molecule has 5 rings (SSSR count). The van der Waals surface area contributed by atoms with Crippen molar-refractivity contribution in [2.24, 2.45) is 0 Å². The van der Waals surface area contributed by atoms with Crippen molar-refractivity contribution in [1.82, 2.24) is 4.57 Å². The van der Waals surface area contributed by atoms with E-state index in [1.54, 1.807) is 35.8 Å². The summed E-state index contributed by atoms with van der Waals surface area (Å²) in [7, 11) is 0. The van der Waals surface area contributed by atoms with E-state index in [2.05, 4.69) is 0 Å². The van der Waals surface area contributed by atoms with Crippen LogP contribution in [0.2, 0.25) is 0 Å². The molecule has 0 spiro atoms. The van der Waals surface area contributed by atoms with Crippen molar-refractivity contribution in [1.29, 1.82) is 0 Å². The third-order valence-electron chi connectivity index (χ3n) is 5.31. The molecule has 0 saturated heterocycles. The number of aromatic nitrogens is 1. The summed E-state index contributed by atoms with van der Waals surface area (Å²) in [5.41, 5.74) is -1.58. The van der Waals surface area contributed by atoms with Crippen LogP contribution in [0, 0.1) is 5.82 Å². The number of aromatic carboxylic acids is 1. The zero-order chi connectivity index (χ0) is 21.2. The molecule has 2 aromatic heterocycles. The second-order valence-electron chi connectivity index (χ2n) is 7.19. The van der Waals surface area contributed by atoms with Gasteiger partial charge >= 0.3 is 11.6 Å². The van der Waals surface area contributed by atoms with Crippen molar-refractivity contribution in [3.05, 3.63) is 74.6 Å². The van der Waals surface area contributed by atoms with Gasteiger partial charge in [0.15, 0.2) is 5.75 Å². The number of ether oxygens (including phenoxy) is 1. The number of pyridine rings is 1. The molecule has 7 nitrogen and oxygen atoms in total. The topological polar surface area (TPSA) is 98.7 Å². The average Bonchev–Trinajstić information content (AvgIpc) is 2.71. The fraction of sp³-hybridized carbons (Fsp3) is 0.136. The largest absolute Gasteiger partial charge is 0.488 e. The third kappa shape index (κ3) is 2.46. The van der Waals surface area contributed by atoms with Crippen LogP contribution in [-0.4, -0.2) is 22.2 Å². The van der Waals surface area contributed by atoms with E-state index in [1.165, 1.54) is 12.3 Å². The van der Waals surface area contributed by atoms with Gasteiger partial charge in [0.2, 0.25) is 5.43 Å². The first-order chi connectivity index (χ1) is 14.4. The highest BCUT2D eigenvalue weighted by atomic mass is 19.1. The van der Waals surface area contributed by atoms with E-state index in [1.807, 2.05) is 0 Å². The lowest BCUT2D eigenvalue weighted by Gasteiger charge is -2.28. The molecule has 1 aliphatic rings. The van der Waals surface area contributed by atoms with E-state index in [0.29, 0.717) is 11.0 Å². The number of benzene rings is 2. The summed E-state index contributed by atoms with van der Waals surface area (Å²) < 4.78 is 27.9. The number of hydrogen-bond acceptors (Lipinski definition) is 5. The van der Waals surface area contributed by atoms with Gasteiger partial charge in [-0.15, -0.1) is 0 Å². The number of fused-ring (bicyclic) bond motifs is 1. The second kappa shape index (κ2) is 6.28. The van der Waals surface area contributed by atoms with Gasteiger partial charge in [0, 0.05) is 11.6 Å². The maximum absolute atomic E-state index is 15.2. The monoisotopic (exact) mass is 407 g/mol. The van der Waals surface area contributed by atoms with Crippen LogP contribution in [0.15, 0.2) is 56.6 Å². The summed E-state index contributed by atoms with van der Waals surface area (Å²) in [6, 6.07) is 9.00. The van der Waals surface area contributed by atoms with Gasteiger partial charge in [-0.3, -0.25) is 4.79 Å². The maximum atomic E-state index is 15.2. The first kappa shape index (κ1) is 18.1. The molecule has 0 unspecified atom stereocenters. The van der Waals surface area contributed by atoms with Crippen LogP contribution in [0.4, 0.5) is 4.39 Å². The Labute approximate surface area is 167 Å². The Morgan fingerprint density at radius 2 is 2.00 bits per heavy atom. The van der Waals surface area contributed by atoms with Gasteiger partial charge in [-0.2, -0.15) is 0 Å². The predicted molar refractivity (Wildman–Crippen MR) is 107 cm³/mol. The molecule has 4 aromatic rings. The Morgan fingerprint density at radius 1 is 1.23 bits per heavy atom. The highest BCUT2D eigenvalue weighted by Crippen LogP contribution is 2.41. The molecular formula is C22H14FNO6. The second-order valence-corrected chi connectivity index (χ2v) is 7.19. The van der Waals surface area contributed by atoms with Crippen molar-refractivity contribution in [2.45, 2.75) is 13.0 Å². The normalized spacial score (nSPS) is 15.3. The lowest BCUT2D eigenvalue weighted by Crippen LogP contribution is -2.27.